The zero-order valence-corrected chi connectivity index (χ0v) is 40.3. The van der Waals surface area contributed by atoms with E-state index in [-0.39, 0.29) is 0 Å². The first-order chi connectivity index (χ1) is 37.7. The molecule has 16 aromatic rings. The Bertz CT molecular complexity index is 4930. The summed E-state index contributed by atoms with van der Waals surface area (Å²) in [7, 11) is 0. The number of benzene rings is 10. The second-order valence-electron chi connectivity index (χ2n) is 19.0. The fourth-order valence-corrected chi connectivity index (χ4v) is 11.2. The van der Waals surface area contributed by atoms with E-state index in [2.05, 4.69) is 118 Å². The summed E-state index contributed by atoms with van der Waals surface area (Å²) in [5.74, 6) is 3.25. The van der Waals surface area contributed by atoms with Crippen molar-refractivity contribution in [2.24, 2.45) is 0 Å². The van der Waals surface area contributed by atoms with Crippen LogP contribution in [0, 0.1) is 0 Å². The monoisotopic (exact) mass is 974 g/mol. The van der Waals surface area contributed by atoms with Gasteiger partial charge in [0.1, 0.15) is 22.3 Å². The van der Waals surface area contributed by atoms with E-state index in [9.17, 15) is 0 Å². The Balaban J connectivity index is 0.892. The molecule has 0 saturated carbocycles. The molecule has 76 heavy (non-hydrogen) atoms. The van der Waals surface area contributed by atoms with Crippen LogP contribution in [0.5, 0.6) is 0 Å². The van der Waals surface area contributed by atoms with Gasteiger partial charge in [-0.05, 0) is 47.5 Å². The summed E-state index contributed by atoms with van der Waals surface area (Å²) in [6.07, 6.45) is 0. The van der Waals surface area contributed by atoms with Crippen molar-refractivity contribution in [3.8, 4) is 68.6 Å². The molecule has 10 nitrogen and oxygen atoms in total. The standard InChI is InChI=1S/C66H38N8O2/c1-4-17-40(18-5-1)61-68-64(70-65(69-61)73-52-27-13-10-23-45(52)50-37-51-47-25-12-14-29-55(47)75-57(51)38-54(50)73)43-33-31-39(32-34-43)44-26-16-28-53-58(44)49-36-35-48-46-24-11-15-30-56(46)76-60(48)59(49)74(53)66-71-62(41-19-6-2-7-20-41)67-63(72-66)42-21-8-3-9-22-42/h1-38H. The first kappa shape index (κ1) is 42.0. The largest absolute Gasteiger partial charge is 0.456 e. The fourth-order valence-electron chi connectivity index (χ4n) is 11.2. The van der Waals surface area contributed by atoms with Gasteiger partial charge in [-0.1, -0.05) is 188 Å². The number of furan rings is 2. The molecule has 16 rings (SSSR count). The zero-order chi connectivity index (χ0) is 49.8. The highest BCUT2D eigenvalue weighted by Crippen LogP contribution is 2.44. The normalized spacial score (nSPS) is 11.9. The Morgan fingerprint density at radius 3 is 1.39 bits per heavy atom. The number of fused-ring (bicyclic) bond motifs is 13. The Morgan fingerprint density at radius 1 is 0.276 bits per heavy atom. The van der Waals surface area contributed by atoms with Gasteiger partial charge >= 0.3 is 0 Å². The maximum absolute atomic E-state index is 6.84. The molecular weight excluding hydrogens is 937 g/mol. The number of aromatic nitrogens is 8. The van der Waals surface area contributed by atoms with E-state index in [1.54, 1.807) is 0 Å². The first-order valence-electron chi connectivity index (χ1n) is 25.2. The van der Waals surface area contributed by atoms with Gasteiger partial charge in [-0.2, -0.15) is 19.9 Å². The summed E-state index contributed by atoms with van der Waals surface area (Å²) in [5, 5.41) is 8.41. The molecule has 0 spiro atoms. The lowest BCUT2D eigenvalue weighted by molar-refractivity contribution is 0.669. The van der Waals surface area contributed by atoms with Crippen molar-refractivity contribution >= 4 is 87.5 Å². The lowest BCUT2D eigenvalue weighted by atomic mass is 9.98. The number of para-hydroxylation sites is 3. The minimum absolute atomic E-state index is 0.485. The minimum Gasteiger partial charge on any atom is -0.456 e. The second-order valence-corrected chi connectivity index (χ2v) is 19.0. The van der Waals surface area contributed by atoms with Crippen molar-refractivity contribution in [1.29, 1.82) is 0 Å². The molecule has 10 aromatic carbocycles. The number of nitrogens with zero attached hydrogens (tertiary/aromatic N) is 8. The number of rotatable bonds is 7. The van der Waals surface area contributed by atoms with Crippen molar-refractivity contribution in [3.63, 3.8) is 0 Å². The van der Waals surface area contributed by atoms with E-state index in [0.29, 0.717) is 35.2 Å². The molecule has 0 aliphatic carbocycles. The lowest BCUT2D eigenvalue weighted by Gasteiger charge is -2.12. The van der Waals surface area contributed by atoms with Gasteiger partial charge in [-0.25, -0.2) is 9.97 Å². The highest BCUT2D eigenvalue weighted by Gasteiger charge is 2.25. The molecule has 0 saturated heterocycles. The van der Waals surface area contributed by atoms with Gasteiger partial charge in [0.05, 0.1) is 16.6 Å². The summed E-state index contributed by atoms with van der Waals surface area (Å²) in [6.45, 7) is 0. The number of hydrogen-bond donors (Lipinski definition) is 0. The van der Waals surface area contributed by atoms with Crippen LogP contribution in [0.3, 0.4) is 0 Å². The van der Waals surface area contributed by atoms with Crippen molar-refractivity contribution in [1.82, 2.24) is 39.0 Å². The second kappa shape index (κ2) is 16.5. The molecule has 0 aliphatic heterocycles. The summed E-state index contributed by atoms with van der Waals surface area (Å²) in [5.41, 5.74) is 12.5. The van der Waals surface area contributed by atoms with Crippen LogP contribution in [0.1, 0.15) is 0 Å². The summed E-state index contributed by atoms with van der Waals surface area (Å²) >= 11 is 0. The van der Waals surface area contributed by atoms with Crippen LogP contribution >= 0.6 is 0 Å². The van der Waals surface area contributed by atoms with Crippen LogP contribution in [0.15, 0.2) is 239 Å². The number of hydrogen-bond acceptors (Lipinski definition) is 8. The van der Waals surface area contributed by atoms with Gasteiger partial charge in [-0.15, -0.1) is 0 Å². The van der Waals surface area contributed by atoms with Crippen LogP contribution in [0.2, 0.25) is 0 Å². The van der Waals surface area contributed by atoms with E-state index < -0.39 is 0 Å². The quantitative estimate of drug-likeness (QED) is 0.155. The maximum Gasteiger partial charge on any atom is 0.238 e. The average Bonchev–Trinajstić information content (AvgIpc) is 4.32. The van der Waals surface area contributed by atoms with Crippen molar-refractivity contribution < 1.29 is 8.83 Å². The van der Waals surface area contributed by atoms with Crippen LogP contribution in [-0.4, -0.2) is 39.0 Å². The van der Waals surface area contributed by atoms with E-state index in [0.717, 1.165) is 121 Å². The van der Waals surface area contributed by atoms with E-state index >= 15 is 0 Å². The summed E-state index contributed by atoms with van der Waals surface area (Å²) in [6, 6.07) is 78.7. The third kappa shape index (κ3) is 6.47. The smallest absolute Gasteiger partial charge is 0.238 e. The van der Waals surface area contributed by atoms with Gasteiger partial charge in [-0.3, -0.25) is 9.13 Å². The third-order valence-electron chi connectivity index (χ3n) is 14.7. The molecule has 0 fully saturated rings. The predicted molar refractivity (Wildman–Crippen MR) is 304 cm³/mol. The molecule has 6 aromatic heterocycles. The van der Waals surface area contributed by atoms with Crippen LogP contribution in [0.4, 0.5) is 0 Å². The molecule has 0 atom stereocenters. The van der Waals surface area contributed by atoms with Crippen molar-refractivity contribution in [3.05, 3.63) is 231 Å². The van der Waals surface area contributed by atoms with Gasteiger partial charge < -0.3 is 8.83 Å². The third-order valence-corrected chi connectivity index (χ3v) is 14.7. The predicted octanol–water partition coefficient (Wildman–Crippen LogP) is 16.4. The van der Waals surface area contributed by atoms with Gasteiger partial charge in [0.15, 0.2) is 28.9 Å². The van der Waals surface area contributed by atoms with Crippen molar-refractivity contribution in [2.45, 2.75) is 0 Å². The average molecular weight is 975 g/mol. The van der Waals surface area contributed by atoms with E-state index in [1.807, 2.05) is 121 Å². The Labute approximate surface area is 432 Å². The molecule has 354 valence electrons. The van der Waals surface area contributed by atoms with Gasteiger partial charge in [0.2, 0.25) is 11.9 Å². The molecule has 0 unspecified atom stereocenters. The minimum atomic E-state index is 0.485. The van der Waals surface area contributed by atoms with Crippen LogP contribution < -0.4 is 0 Å². The lowest BCUT2D eigenvalue weighted by Crippen LogP contribution is -2.06. The van der Waals surface area contributed by atoms with E-state index in [4.69, 9.17) is 38.7 Å². The molecular formula is C66H38N8O2. The van der Waals surface area contributed by atoms with Crippen molar-refractivity contribution in [2.75, 3.05) is 0 Å². The van der Waals surface area contributed by atoms with Crippen LogP contribution in [-0.2, 0) is 0 Å². The molecule has 0 amide bonds. The topological polar surface area (TPSA) is 113 Å². The Morgan fingerprint density at radius 2 is 0.763 bits per heavy atom. The molecule has 0 bridgehead atoms. The molecule has 0 radical (unpaired) electrons. The fraction of sp³-hybridized carbons (Fsp3) is 0. The van der Waals surface area contributed by atoms with Gasteiger partial charge in [0, 0.05) is 71.4 Å². The molecule has 10 heteroatoms. The van der Waals surface area contributed by atoms with E-state index in [1.165, 1.54) is 0 Å². The Hall–Kier alpha value is -10.6. The molecule has 0 aliphatic rings. The Kier molecular flexibility index (Phi) is 9.10. The maximum atomic E-state index is 6.84. The highest BCUT2D eigenvalue weighted by atomic mass is 16.3. The molecule has 0 N–H and O–H groups in total. The van der Waals surface area contributed by atoms with Crippen LogP contribution in [0.25, 0.3) is 156 Å². The summed E-state index contributed by atoms with van der Waals surface area (Å²) < 4.78 is 17.6. The SMILES string of the molecule is c1ccc(-c2nc(-c3ccc(-c4cccc5c4c4ccc6c7ccccc7oc6c4n5-c4nc(-c5ccccc5)nc(-c5ccccc5)n4)cc3)nc(-n3c4ccccc4c4cc5c(cc43)oc3ccccc35)n2)cc1. The highest BCUT2D eigenvalue weighted by molar-refractivity contribution is 6.24. The summed E-state index contributed by atoms with van der Waals surface area (Å²) in [4.78, 5) is 31.3. The van der Waals surface area contributed by atoms with Gasteiger partial charge in [0.25, 0.3) is 0 Å². The zero-order valence-electron chi connectivity index (χ0n) is 40.3. The first-order valence-corrected chi connectivity index (χ1v) is 25.2. The molecule has 6 heterocycles.